The lowest BCUT2D eigenvalue weighted by molar-refractivity contribution is 0.345. The molecule has 0 unspecified atom stereocenters. The Labute approximate surface area is 126 Å². The highest BCUT2D eigenvalue weighted by Crippen LogP contribution is 2.31. The first-order valence-electron chi connectivity index (χ1n) is 6.71. The van der Waals surface area contributed by atoms with Crippen LogP contribution in [0, 0.1) is 31.0 Å². The quantitative estimate of drug-likeness (QED) is 0.745. The first-order valence-corrected chi connectivity index (χ1v) is 6.71. The van der Waals surface area contributed by atoms with Crippen LogP contribution in [0.25, 0.3) is 16.9 Å². The van der Waals surface area contributed by atoms with Crippen LogP contribution in [0.2, 0.25) is 0 Å². The Morgan fingerprint density at radius 2 is 2.14 bits per heavy atom. The van der Waals surface area contributed by atoms with Crippen molar-refractivity contribution < 1.29 is 9.13 Å². The number of hydrogen-bond acceptors (Lipinski definition) is 4. The van der Waals surface area contributed by atoms with Gasteiger partial charge in [0.15, 0.2) is 23.8 Å². The van der Waals surface area contributed by atoms with Crippen LogP contribution in [0.1, 0.15) is 11.3 Å². The van der Waals surface area contributed by atoms with E-state index in [0.29, 0.717) is 5.56 Å². The molecule has 0 spiro atoms. The molecule has 0 saturated carbocycles. The van der Waals surface area contributed by atoms with Gasteiger partial charge in [0.05, 0.1) is 17.6 Å². The summed E-state index contributed by atoms with van der Waals surface area (Å²) >= 11 is 0. The minimum atomic E-state index is -0.464. The first-order chi connectivity index (χ1) is 10.6. The molecule has 3 rings (SSSR count). The number of benzene rings is 1. The number of hydrogen-bond donors (Lipinski definition) is 0. The number of imidazole rings is 1. The smallest absolute Gasteiger partial charge is 0.174 e. The number of fused-ring (bicyclic) bond motifs is 1. The van der Waals surface area contributed by atoms with Crippen LogP contribution >= 0.6 is 0 Å². The van der Waals surface area contributed by atoms with Crippen molar-refractivity contribution in [2.24, 2.45) is 0 Å². The lowest BCUT2D eigenvalue weighted by Crippen LogP contribution is -2.00. The third kappa shape index (κ3) is 2.17. The van der Waals surface area contributed by atoms with Gasteiger partial charge in [-0.15, -0.1) is 0 Å². The molecule has 2 heterocycles. The standard InChI is InChI=1S/C16H13FN4O/c1-10-12(3-4-14(15(10)17)22-8-5-18)13-9-20-16-11(2)19-6-7-21(13)16/h3-4,6-7,9H,8H2,1-2H3. The molecule has 0 atom stereocenters. The average Bonchev–Trinajstić information content (AvgIpc) is 2.94. The summed E-state index contributed by atoms with van der Waals surface area (Å²) < 4.78 is 21.3. The molecule has 0 aliphatic heterocycles. The van der Waals surface area contributed by atoms with E-state index in [1.807, 2.05) is 17.4 Å². The van der Waals surface area contributed by atoms with Crippen molar-refractivity contribution in [3.63, 3.8) is 0 Å². The predicted octanol–water partition coefficient (Wildman–Crippen LogP) is 3.05. The molecule has 6 heteroatoms. The monoisotopic (exact) mass is 296 g/mol. The van der Waals surface area contributed by atoms with E-state index in [0.717, 1.165) is 22.6 Å². The van der Waals surface area contributed by atoms with Gasteiger partial charge in [-0.05, 0) is 31.5 Å². The SMILES string of the molecule is Cc1c(-c2cnc3c(C)nccn23)ccc(OCC#N)c1F. The molecule has 22 heavy (non-hydrogen) atoms. The normalized spacial score (nSPS) is 10.6. The van der Waals surface area contributed by atoms with Crippen molar-refractivity contribution in [1.82, 2.24) is 14.4 Å². The molecule has 110 valence electrons. The molecule has 5 nitrogen and oxygen atoms in total. The third-order valence-corrected chi connectivity index (χ3v) is 3.52. The molecule has 0 N–H and O–H groups in total. The van der Waals surface area contributed by atoms with Crippen LogP contribution < -0.4 is 4.74 Å². The number of rotatable bonds is 3. The number of aryl methyl sites for hydroxylation is 1. The summed E-state index contributed by atoms with van der Waals surface area (Å²) in [6.07, 6.45) is 5.17. The molecule has 0 fully saturated rings. The second kappa shape index (κ2) is 5.45. The molecule has 0 aliphatic carbocycles. The summed E-state index contributed by atoms with van der Waals surface area (Å²) in [5, 5.41) is 8.52. The average molecular weight is 296 g/mol. The first kappa shape index (κ1) is 14.0. The van der Waals surface area contributed by atoms with Crippen LogP contribution in [0.15, 0.2) is 30.7 Å². The maximum absolute atomic E-state index is 14.4. The zero-order valence-corrected chi connectivity index (χ0v) is 12.2. The fraction of sp³-hybridized carbons (Fsp3) is 0.188. The van der Waals surface area contributed by atoms with Crippen molar-refractivity contribution in [2.45, 2.75) is 13.8 Å². The Bertz CT molecular complexity index is 895. The highest BCUT2D eigenvalue weighted by Gasteiger charge is 2.15. The van der Waals surface area contributed by atoms with Crippen molar-refractivity contribution >= 4 is 5.65 Å². The maximum Gasteiger partial charge on any atom is 0.174 e. The van der Waals surface area contributed by atoms with E-state index < -0.39 is 5.82 Å². The van der Waals surface area contributed by atoms with Gasteiger partial charge in [-0.25, -0.2) is 9.37 Å². The Morgan fingerprint density at radius 1 is 1.32 bits per heavy atom. The van der Waals surface area contributed by atoms with Gasteiger partial charge < -0.3 is 4.74 Å². The van der Waals surface area contributed by atoms with Crippen molar-refractivity contribution in [2.75, 3.05) is 6.61 Å². The van der Waals surface area contributed by atoms with E-state index in [-0.39, 0.29) is 12.4 Å². The minimum Gasteiger partial charge on any atom is -0.476 e. The van der Waals surface area contributed by atoms with Gasteiger partial charge in [0.2, 0.25) is 0 Å². The molecule has 0 amide bonds. The number of nitriles is 1. The maximum atomic E-state index is 14.4. The number of aromatic nitrogens is 3. The number of halogens is 1. The number of nitrogens with zero attached hydrogens (tertiary/aromatic N) is 4. The van der Waals surface area contributed by atoms with E-state index >= 15 is 0 Å². The van der Waals surface area contributed by atoms with Crippen molar-refractivity contribution in [1.29, 1.82) is 5.26 Å². The molecule has 1 aromatic carbocycles. The summed E-state index contributed by atoms with van der Waals surface area (Å²) in [7, 11) is 0. The predicted molar refractivity (Wildman–Crippen MR) is 79.0 cm³/mol. The van der Waals surface area contributed by atoms with Gasteiger partial charge in [-0.3, -0.25) is 9.38 Å². The molecular formula is C16H13FN4O. The van der Waals surface area contributed by atoms with E-state index in [4.69, 9.17) is 10.00 Å². The summed E-state index contributed by atoms with van der Waals surface area (Å²) in [5.74, 6) is -0.386. The van der Waals surface area contributed by atoms with Crippen LogP contribution in [0.5, 0.6) is 5.75 Å². The molecule has 0 radical (unpaired) electrons. The zero-order valence-electron chi connectivity index (χ0n) is 12.2. The van der Waals surface area contributed by atoms with Crippen LogP contribution in [0.4, 0.5) is 4.39 Å². The van der Waals surface area contributed by atoms with Crippen molar-refractivity contribution in [3.8, 4) is 23.1 Å². The summed E-state index contributed by atoms with van der Waals surface area (Å²) in [4.78, 5) is 8.54. The third-order valence-electron chi connectivity index (χ3n) is 3.52. The zero-order chi connectivity index (χ0) is 15.7. The minimum absolute atomic E-state index is 0.0782. The fourth-order valence-electron chi connectivity index (χ4n) is 2.41. The highest BCUT2D eigenvalue weighted by atomic mass is 19.1. The Kier molecular flexibility index (Phi) is 3.47. The number of ether oxygens (including phenoxy) is 1. The van der Waals surface area contributed by atoms with Crippen LogP contribution in [-0.2, 0) is 0 Å². The summed E-state index contributed by atoms with van der Waals surface area (Å²) in [5.41, 5.74) is 3.50. The lowest BCUT2D eigenvalue weighted by atomic mass is 10.1. The molecular weight excluding hydrogens is 283 g/mol. The summed E-state index contributed by atoms with van der Waals surface area (Å²) in [6.45, 7) is 3.37. The van der Waals surface area contributed by atoms with E-state index in [1.165, 1.54) is 6.07 Å². The van der Waals surface area contributed by atoms with Gasteiger partial charge in [-0.2, -0.15) is 5.26 Å². The lowest BCUT2D eigenvalue weighted by Gasteiger charge is -2.10. The molecule has 2 aromatic heterocycles. The van der Waals surface area contributed by atoms with E-state index in [9.17, 15) is 4.39 Å². The van der Waals surface area contributed by atoms with E-state index in [1.54, 1.807) is 31.6 Å². The molecule has 0 bridgehead atoms. The van der Waals surface area contributed by atoms with E-state index in [2.05, 4.69) is 9.97 Å². The Balaban J connectivity index is 2.14. The molecule has 3 aromatic rings. The van der Waals surface area contributed by atoms with Crippen LogP contribution in [-0.4, -0.2) is 21.0 Å². The topological polar surface area (TPSA) is 63.2 Å². The van der Waals surface area contributed by atoms with Gasteiger partial charge in [-0.1, -0.05) is 0 Å². The summed E-state index contributed by atoms with van der Waals surface area (Å²) in [6, 6.07) is 5.12. The van der Waals surface area contributed by atoms with Gasteiger partial charge in [0.1, 0.15) is 6.07 Å². The highest BCUT2D eigenvalue weighted by molar-refractivity contribution is 5.68. The molecule has 0 saturated heterocycles. The second-order valence-corrected chi connectivity index (χ2v) is 4.85. The Morgan fingerprint density at radius 3 is 2.91 bits per heavy atom. The van der Waals surface area contributed by atoms with Gasteiger partial charge in [0.25, 0.3) is 0 Å². The van der Waals surface area contributed by atoms with Crippen molar-refractivity contribution in [3.05, 3.63) is 47.8 Å². The second-order valence-electron chi connectivity index (χ2n) is 4.85. The van der Waals surface area contributed by atoms with Crippen LogP contribution in [0.3, 0.4) is 0 Å². The van der Waals surface area contributed by atoms with Gasteiger partial charge in [0, 0.05) is 18.0 Å². The fourth-order valence-corrected chi connectivity index (χ4v) is 2.41. The van der Waals surface area contributed by atoms with Gasteiger partial charge >= 0.3 is 0 Å². The Hall–Kier alpha value is -2.94. The molecule has 0 aliphatic rings. The largest absolute Gasteiger partial charge is 0.476 e.